The van der Waals surface area contributed by atoms with Crippen LogP contribution in [0.4, 0.5) is 0 Å². The minimum Gasteiger partial charge on any atom is -0.480 e. The fraction of sp³-hybridized carbons (Fsp3) is 0.300. The van der Waals surface area contributed by atoms with E-state index in [1.807, 2.05) is 6.92 Å². The highest BCUT2D eigenvalue weighted by Gasteiger charge is 2.20. The molecule has 5 nitrogen and oxygen atoms in total. The Morgan fingerprint density at radius 1 is 1.31 bits per heavy atom. The molecule has 1 aromatic carbocycles. The number of carboxylic acids is 1. The monoisotopic (exact) mass is 243 g/mol. The molecule has 0 aliphatic heterocycles. The number of benzene rings is 1. The maximum atomic E-state index is 11.7. The maximum Gasteiger partial charge on any atom is 0.321 e. The quantitative estimate of drug-likeness (QED) is 0.817. The first kappa shape index (κ1) is 12.7. The first-order valence-corrected chi connectivity index (χ1v) is 6.13. The van der Waals surface area contributed by atoms with Crippen molar-refractivity contribution in [3.05, 3.63) is 29.8 Å². The first-order valence-electron chi connectivity index (χ1n) is 4.65. The zero-order valence-electron chi connectivity index (χ0n) is 8.97. The number of hydrogen-bond acceptors (Lipinski definition) is 3. The van der Waals surface area contributed by atoms with Crippen molar-refractivity contribution in [2.45, 2.75) is 24.8 Å². The molecule has 0 aliphatic carbocycles. The van der Waals surface area contributed by atoms with E-state index in [0.29, 0.717) is 0 Å². The summed E-state index contributed by atoms with van der Waals surface area (Å²) in [6.07, 6.45) is 0. The lowest BCUT2D eigenvalue weighted by atomic mass is 10.2. The van der Waals surface area contributed by atoms with Crippen LogP contribution in [0.1, 0.15) is 12.5 Å². The molecule has 1 atom stereocenters. The van der Waals surface area contributed by atoms with Gasteiger partial charge in [0.2, 0.25) is 10.0 Å². The number of carbonyl (C=O) groups is 1. The number of aliphatic carboxylic acids is 1. The third-order valence-electron chi connectivity index (χ3n) is 2.03. The van der Waals surface area contributed by atoms with Crippen molar-refractivity contribution in [3.63, 3.8) is 0 Å². The van der Waals surface area contributed by atoms with Gasteiger partial charge in [0.1, 0.15) is 6.04 Å². The van der Waals surface area contributed by atoms with Gasteiger partial charge >= 0.3 is 5.97 Å². The summed E-state index contributed by atoms with van der Waals surface area (Å²) >= 11 is 0. The highest BCUT2D eigenvalue weighted by atomic mass is 32.2. The Balaban J connectivity index is 2.94. The van der Waals surface area contributed by atoms with Crippen LogP contribution in [0.3, 0.4) is 0 Å². The molecule has 0 fully saturated rings. The summed E-state index contributed by atoms with van der Waals surface area (Å²) < 4.78 is 25.4. The molecule has 1 rings (SSSR count). The minimum absolute atomic E-state index is 0.0613. The van der Waals surface area contributed by atoms with Crippen molar-refractivity contribution in [1.29, 1.82) is 0 Å². The summed E-state index contributed by atoms with van der Waals surface area (Å²) in [5.41, 5.74) is 0.935. The summed E-state index contributed by atoms with van der Waals surface area (Å²) in [5.74, 6) is -1.21. The van der Waals surface area contributed by atoms with Crippen molar-refractivity contribution in [1.82, 2.24) is 4.72 Å². The van der Waals surface area contributed by atoms with Gasteiger partial charge in [-0.2, -0.15) is 4.72 Å². The largest absolute Gasteiger partial charge is 0.480 e. The molecule has 0 saturated carbocycles. The van der Waals surface area contributed by atoms with Gasteiger partial charge in [0.25, 0.3) is 0 Å². The van der Waals surface area contributed by atoms with Gasteiger partial charge in [0.05, 0.1) is 4.90 Å². The second-order valence-electron chi connectivity index (χ2n) is 3.49. The first-order chi connectivity index (χ1) is 7.33. The number of aryl methyl sites for hydroxylation is 1. The van der Waals surface area contributed by atoms with Crippen molar-refractivity contribution >= 4 is 16.0 Å². The van der Waals surface area contributed by atoms with Crippen LogP contribution in [0.5, 0.6) is 0 Å². The molecule has 0 heterocycles. The SMILES string of the molecule is Cc1ccc(S(=O)(=O)N[C@H](C)C(=O)O)cc1. The lowest BCUT2D eigenvalue weighted by Crippen LogP contribution is -2.38. The summed E-state index contributed by atoms with van der Waals surface area (Å²) in [4.78, 5) is 10.6. The van der Waals surface area contributed by atoms with Gasteiger partial charge in [0.15, 0.2) is 0 Å². The highest BCUT2D eigenvalue weighted by molar-refractivity contribution is 7.89. The number of rotatable bonds is 4. The Hall–Kier alpha value is -1.40. The Labute approximate surface area is 94.2 Å². The Kier molecular flexibility index (Phi) is 3.66. The van der Waals surface area contributed by atoms with Crippen LogP contribution >= 0.6 is 0 Å². The number of nitrogens with one attached hydrogen (secondary N) is 1. The third kappa shape index (κ3) is 3.04. The van der Waals surface area contributed by atoms with E-state index < -0.39 is 22.0 Å². The van der Waals surface area contributed by atoms with Gasteiger partial charge in [-0.25, -0.2) is 8.42 Å². The molecule has 0 saturated heterocycles. The molecule has 6 heteroatoms. The second kappa shape index (κ2) is 4.63. The number of sulfonamides is 1. The van der Waals surface area contributed by atoms with Gasteiger partial charge in [0, 0.05) is 0 Å². The van der Waals surface area contributed by atoms with Gasteiger partial charge in [-0.3, -0.25) is 4.79 Å². The van der Waals surface area contributed by atoms with Crippen LogP contribution in [0.25, 0.3) is 0 Å². The fourth-order valence-electron chi connectivity index (χ4n) is 1.07. The van der Waals surface area contributed by atoms with E-state index in [2.05, 4.69) is 4.72 Å². The molecular formula is C10H13NO4S. The van der Waals surface area contributed by atoms with Gasteiger partial charge in [-0.05, 0) is 26.0 Å². The van der Waals surface area contributed by atoms with Crippen molar-refractivity contribution in [3.8, 4) is 0 Å². The Morgan fingerprint density at radius 3 is 2.25 bits per heavy atom. The fourth-order valence-corrected chi connectivity index (χ4v) is 2.27. The van der Waals surface area contributed by atoms with E-state index in [4.69, 9.17) is 5.11 Å². The normalized spacial score (nSPS) is 13.4. The molecule has 1 aromatic rings. The van der Waals surface area contributed by atoms with E-state index in [1.165, 1.54) is 19.1 Å². The standard InChI is InChI=1S/C10H13NO4S/c1-7-3-5-9(6-4-7)16(14,15)11-8(2)10(12)13/h3-6,8,11H,1-2H3,(H,12,13)/t8-/m1/s1. The van der Waals surface area contributed by atoms with E-state index in [-0.39, 0.29) is 4.90 Å². The molecule has 0 spiro atoms. The van der Waals surface area contributed by atoms with Crippen LogP contribution in [0.2, 0.25) is 0 Å². The smallest absolute Gasteiger partial charge is 0.321 e. The second-order valence-corrected chi connectivity index (χ2v) is 5.21. The van der Waals surface area contributed by atoms with Gasteiger partial charge < -0.3 is 5.11 Å². The molecule has 0 radical (unpaired) electrons. The van der Waals surface area contributed by atoms with Crippen LogP contribution in [0, 0.1) is 6.92 Å². The van der Waals surface area contributed by atoms with Crippen molar-refractivity contribution in [2.75, 3.05) is 0 Å². The molecular weight excluding hydrogens is 230 g/mol. The average Bonchev–Trinajstić information content (AvgIpc) is 2.17. The topological polar surface area (TPSA) is 83.5 Å². The van der Waals surface area contributed by atoms with E-state index in [1.54, 1.807) is 12.1 Å². The molecule has 0 unspecified atom stereocenters. The van der Waals surface area contributed by atoms with Gasteiger partial charge in [-0.1, -0.05) is 17.7 Å². The summed E-state index contributed by atoms with van der Waals surface area (Å²) in [5, 5.41) is 8.61. The summed E-state index contributed by atoms with van der Waals surface area (Å²) in [6.45, 7) is 3.11. The lowest BCUT2D eigenvalue weighted by molar-refractivity contribution is -0.138. The van der Waals surface area contributed by atoms with E-state index >= 15 is 0 Å². The van der Waals surface area contributed by atoms with Crippen LogP contribution in [-0.4, -0.2) is 25.5 Å². The molecule has 88 valence electrons. The zero-order chi connectivity index (χ0) is 12.3. The Morgan fingerprint density at radius 2 is 1.81 bits per heavy atom. The van der Waals surface area contributed by atoms with E-state index in [9.17, 15) is 13.2 Å². The third-order valence-corrected chi connectivity index (χ3v) is 3.59. The van der Waals surface area contributed by atoms with Crippen LogP contribution in [-0.2, 0) is 14.8 Å². The number of hydrogen-bond donors (Lipinski definition) is 2. The molecule has 16 heavy (non-hydrogen) atoms. The molecule has 0 aromatic heterocycles. The zero-order valence-corrected chi connectivity index (χ0v) is 9.78. The summed E-state index contributed by atoms with van der Waals surface area (Å²) in [7, 11) is -3.75. The summed E-state index contributed by atoms with van der Waals surface area (Å²) in [6, 6.07) is 5.03. The highest BCUT2D eigenvalue weighted by Crippen LogP contribution is 2.10. The van der Waals surface area contributed by atoms with E-state index in [0.717, 1.165) is 5.56 Å². The predicted molar refractivity (Wildman–Crippen MR) is 58.6 cm³/mol. The molecule has 0 bridgehead atoms. The minimum atomic E-state index is -3.75. The van der Waals surface area contributed by atoms with Gasteiger partial charge in [-0.15, -0.1) is 0 Å². The van der Waals surface area contributed by atoms with Crippen molar-refractivity contribution in [2.24, 2.45) is 0 Å². The molecule has 0 aliphatic rings. The van der Waals surface area contributed by atoms with Crippen LogP contribution in [0.15, 0.2) is 29.2 Å². The molecule has 2 N–H and O–H groups in total. The molecule has 0 amide bonds. The average molecular weight is 243 g/mol. The van der Waals surface area contributed by atoms with Crippen LogP contribution < -0.4 is 4.72 Å². The Bertz CT molecular complexity index is 478. The van der Waals surface area contributed by atoms with Crippen molar-refractivity contribution < 1.29 is 18.3 Å². The predicted octanol–water partition coefficient (Wildman–Crippen LogP) is 0.746. The lowest BCUT2D eigenvalue weighted by Gasteiger charge is -2.10. The number of carboxylic acid groups (broad SMARTS) is 1. The maximum absolute atomic E-state index is 11.7.